The smallest absolute Gasteiger partial charge is 0.240 e. The van der Waals surface area contributed by atoms with Crippen LogP contribution >= 0.6 is 11.8 Å². The van der Waals surface area contributed by atoms with E-state index in [1.54, 1.807) is 4.90 Å². The maximum atomic E-state index is 12.2. The average Bonchev–Trinajstić information content (AvgIpc) is 2.41. The molecule has 0 saturated heterocycles. The molecule has 0 atom stereocenters. The number of hydrogen-bond donors (Lipinski definition) is 1. The normalized spacial score (nSPS) is 14.2. The lowest BCUT2D eigenvalue weighted by Gasteiger charge is -2.29. The number of aryl methyl sites for hydroxylation is 2. The average molecular weight is 321 g/mol. The van der Waals surface area contributed by atoms with Crippen molar-refractivity contribution in [3.8, 4) is 0 Å². The maximum absolute atomic E-state index is 12.2. The van der Waals surface area contributed by atoms with Crippen molar-refractivity contribution in [3.05, 3.63) is 17.3 Å². The first-order valence-corrected chi connectivity index (χ1v) is 8.55. The molecule has 5 nitrogen and oxygen atoms in total. The van der Waals surface area contributed by atoms with Gasteiger partial charge in [-0.05, 0) is 37.8 Å². The van der Waals surface area contributed by atoms with Gasteiger partial charge in [0.05, 0.1) is 11.4 Å². The molecule has 120 valence electrons. The van der Waals surface area contributed by atoms with Gasteiger partial charge in [-0.2, -0.15) is 0 Å². The van der Waals surface area contributed by atoms with Gasteiger partial charge in [0.1, 0.15) is 11.6 Å². The number of rotatable bonds is 5. The summed E-state index contributed by atoms with van der Waals surface area (Å²) in [6, 6.07) is 1.95. The van der Waals surface area contributed by atoms with Gasteiger partial charge in [0, 0.05) is 12.2 Å². The van der Waals surface area contributed by atoms with E-state index < -0.39 is 0 Å². The number of fused-ring (bicyclic) bond motifs is 1. The van der Waals surface area contributed by atoms with Gasteiger partial charge >= 0.3 is 0 Å². The Kier molecular flexibility index (Phi) is 5.45. The summed E-state index contributed by atoms with van der Waals surface area (Å²) in [5.74, 6) is 0.725. The van der Waals surface area contributed by atoms with E-state index in [0.717, 1.165) is 28.4 Å². The lowest BCUT2D eigenvalue weighted by atomic mass is 10.1. The molecule has 1 aromatic rings. The van der Waals surface area contributed by atoms with Crippen molar-refractivity contribution in [1.82, 2.24) is 10.3 Å². The van der Waals surface area contributed by atoms with E-state index in [1.165, 1.54) is 11.8 Å². The van der Waals surface area contributed by atoms with Crippen molar-refractivity contribution in [2.45, 2.75) is 39.1 Å². The number of pyridine rings is 1. The van der Waals surface area contributed by atoms with Gasteiger partial charge in [0.15, 0.2) is 0 Å². The van der Waals surface area contributed by atoms with Crippen LogP contribution in [0.1, 0.15) is 31.5 Å². The van der Waals surface area contributed by atoms with Gasteiger partial charge in [0.25, 0.3) is 0 Å². The van der Waals surface area contributed by atoms with Gasteiger partial charge in [-0.1, -0.05) is 25.6 Å². The van der Waals surface area contributed by atoms with E-state index in [-0.39, 0.29) is 18.4 Å². The molecule has 22 heavy (non-hydrogen) atoms. The number of nitrogens with one attached hydrogen (secondary N) is 1. The van der Waals surface area contributed by atoms with Crippen LogP contribution in [-0.4, -0.2) is 35.6 Å². The first kappa shape index (κ1) is 16.8. The Morgan fingerprint density at radius 1 is 1.45 bits per heavy atom. The first-order valence-electron chi connectivity index (χ1n) is 7.56. The Hall–Kier alpha value is -1.56. The maximum Gasteiger partial charge on any atom is 0.240 e. The van der Waals surface area contributed by atoms with Crippen LogP contribution in [-0.2, 0) is 9.59 Å². The number of anilines is 1. The second-order valence-corrected chi connectivity index (χ2v) is 7.00. The fraction of sp³-hybridized carbons (Fsp3) is 0.562. The van der Waals surface area contributed by atoms with Crippen molar-refractivity contribution in [3.63, 3.8) is 0 Å². The highest BCUT2D eigenvalue weighted by molar-refractivity contribution is 8.00. The zero-order valence-electron chi connectivity index (χ0n) is 13.6. The van der Waals surface area contributed by atoms with E-state index in [9.17, 15) is 9.59 Å². The summed E-state index contributed by atoms with van der Waals surface area (Å²) in [5, 5.41) is 3.72. The van der Waals surface area contributed by atoms with Gasteiger partial charge in [0.2, 0.25) is 11.8 Å². The molecular formula is C16H23N3O2S. The molecule has 0 spiro atoms. The van der Waals surface area contributed by atoms with Crippen LogP contribution in [0, 0.1) is 19.8 Å². The van der Waals surface area contributed by atoms with E-state index in [0.29, 0.717) is 18.2 Å². The van der Waals surface area contributed by atoms with E-state index in [2.05, 4.69) is 24.1 Å². The first-order chi connectivity index (χ1) is 10.4. The van der Waals surface area contributed by atoms with Gasteiger partial charge in [-0.3, -0.25) is 14.5 Å². The Labute approximate surface area is 135 Å². The number of aromatic nitrogens is 1. The molecule has 0 bridgehead atoms. The molecule has 2 heterocycles. The molecular weight excluding hydrogens is 298 g/mol. The lowest BCUT2D eigenvalue weighted by molar-refractivity contribution is -0.123. The Morgan fingerprint density at radius 3 is 2.86 bits per heavy atom. The number of thioether (sulfide) groups is 1. The predicted octanol–water partition coefficient (Wildman–Crippen LogP) is 2.30. The Bertz CT molecular complexity index is 587. The fourth-order valence-corrected chi connectivity index (χ4v) is 3.46. The third kappa shape index (κ3) is 4.00. The van der Waals surface area contributed by atoms with Gasteiger partial charge in [-0.25, -0.2) is 4.98 Å². The summed E-state index contributed by atoms with van der Waals surface area (Å²) in [7, 11) is 0. The summed E-state index contributed by atoms with van der Waals surface area (Å²) in [6.45, 7) is 8.83. The standard InChI is InChI=1S/C16H23N3O2S/c1-10(2)5-6-17-13(20)8-19-14(21)9-22-16-15(19)11(3)7-12(4)18-16/h7,10H,5-6,8-9H2,1-4H3,(H,17,20). The van der Waals surface area contributed by atoms with Crippen LogP contribution < -0.4 is 10.2 Å². The minimum atomic E-state index is -0.119. The molecule has 0 saturated carbocycles. The Balaban J connectivity index is 2.11. The monoisotopic (exact) mass is 321 g/mol. The molecule has 1 aromatic heterocycles. The number of hydrogen-bond acceptors (Lipinski definition) is 4. The van der Waals surface area contributed by atoms with E-state index in [1.807, 2.05) is 19.9 Å². The molecule has 0 fully saturated rings. The summed E-state index contributed by atoms with van der Waals surface area (Å²) in [6.07, 6.45) is 0.936. The number of nitrogens with zero attached hydrogens (tertiary/aromatic N) is 2. The highest BCUT2D eigenvalue weighted by Gasteiger charge is 2.29. The zero-order valence-corrected chi connectivity index (χ0v) is 14.4. The van der Waals surface area contributed by atoms with Crippen molar-refractivity contribution in [1.29, 1.82) is 0 Å². The van der Waals surface area contributed by atoms with E-state index in [4.69, 9.17) is 0 Å². The number of carbonyl (C=O) groups excluding carboxylic acids is 2. The third-order valence-electron chi connectivity index (χ3n) is 3.53. The molecule has 0 aliphatic carbocycles. The van der Waals surface area contributed by atoms with Crippen molar-refractivity contribution < 1.29 is 9.59 Å². The van der Waals surface area contributed by atoms with Crippen LogP contribution in [0.5, 0.6) is 0 Å². The zero-order chi connectivity index (χ0) is 16.3. The van der Waals surface area contributed by atoms with Crippen LogP contribution in [0.25, 0.3) is 0 Å². The van der Waals surface area contributed by atoms with Crippen molar-refractivity contribution in [2.24, 2.45) is 5.92 Å². The molecule has 1 aliphatic rings. The van der Waals surface area contributed by atoms with Gasteiger partial charge in [-0.15, -0.1) is 0 Å². The lowest BCUT2D eigenvalue weighted by Crippen LogP contribution is -2.44. The van der Waals surface area contributed by atoms with Crippen molar-refractivity contribution >= 4 is 29.3 Å². The highest BCUT2D eigenvalue weighted by Crippen LogP contribution is 2.36. The molecule has 1 N–H and O–H groups in total. The number of carbonyl (C=O) groups is 2. The van der Waals surface area contributed by atoms with Gasteiger partial charge < -0.3 is 5.32 Å². The predicted molar refractivity (Wildman–Crippen MR) is 89.3 cm³/mol. The fourth-order valence-electron chi connectivity index (χ4n) is 2.42. The molecule has 0 aromatic carbocycles. The minimum absolute atomic E-state index is 0.0368. The highest BCUT2D eigenvalue weighted by atomic mass is 32.2. The quantitative estimate of drug-likeness (QED) is 0.904. The molecule has 6 heteroatoms. The summed E-state index contributed by atoms with van der Waals surface area (Å²) >= 11 is 1.44. The Morgan fingerprint density at radius 2 is 2.18 bits per heavy atom. The summed E-state index contributed by atoms with van der Waals surface area (Å²) in [4.78, 5) is 30.4. The molecule has 1 aliphatic heterocycles. The minimum Gasteiger partial charge on any atom is -0.355 e. The van der Waals surface area contributed by atoms with Crippen molar-refractivity contribution in [2.75, 3.05) is 23.7 Å². The third-order valence-corrected chi connectivity index (χ3v) is 4.48. The topological polar surface area (TPSA) is 62.3 Å². The summed E-state index contributed by atoms with van der Waals surface area (Å²) in [5.41, 5.74) is 2.70. The van der Waals surface area contributed by atoms with Crippen LogP contribution in [0.15, 0.2) is 11.1 Å². The van der Waals surface area contributed by atoms with Crippen LogP contribution in [0.3, 0.4) is 0 Å². The second kappa shape index (κ2) is 7.13. The largest absolute Gasteiger partial charge is 0.355 e. The van der Waals surface area contributed by atoms with E-state index >= 15 is 0 Å². The SMILES string of the molecule is Cc1cc(C)c2c(n1)SCC(=O)N2CC(=O)NCCC(C)C. The molecule has 0 unspecified atom stereocenters. The summed E-state index contributed by atoms with van der Waals surface area (Å²) < 4.78 is 0. The molecule has 2 amide bonds. The molecule has 2 rings (SSSR count). The van der Waals surface area contributed by atoms with Crippen LogP contribution in [0.4, 0.5) is 5.69 Å². The molecule has 0 radical (unpaired) electrons. The second-order valence-electron chi connectivity index (χ2n) is 6.04. The van der Waals surface area contributed by atoms with Crippen LogP contribution in [0.2, 0.25) is 0 Å². The number of amides is 2.